The van der Waals surface area contributed by atoms with Crippen molar-refractivity contribution >= 4 is 23.9 Å². The first kappa shape index (κ1) is 38.8. The average molecular weight is 564 g/mol. The number of carboxylic acid groups (broad SMARTS) is 3. The van der Waals surface area contributed by atoms with Crippen LogP contribution in [0.4, 0.5) is 0 Å². The van der Waals surface area contributed by atoms with Crippen LogP contribution in [0.5, 0.6) is 0 Å². The van der Waals surface area contributed by atoms with Crippen molar-refractivity contribution in [3.63, 3.8) is 0 Å². The Morgan fingerprint density at radius 3 is 1.47 bits per heavy atom. The fraction of sp³-hybridized carbons (Fsp3) is 0.778. The number of esters is 1. The Morgan fingerprint density at radius 1 is 0.750 bits per heavy atom. The normalized spacial score (nSPS) is 10.8. The molecule has 0 fully saturated rings. The number of hydrogen-bond acceptors (Lipinski definition) is 7. The van der Waals surface area contributed by atoms with E-state index in [4.69, 9.17) is 4.74 Å². The molecule has 1 atom stereocenters. The summed E-state index contributed by atoms with van der Waals surface area (Å²) in [5, 5.41) is 28.2. The zero-order valence-corrected chi connectivity index (χ0v) is 25.3. The first-order valence-corrected chi connectivity index (χ1v) is 13.2. The van der Waals surface area contributed by atoms with Gasteiger partial charge in [-0.1, -0.05) is 103 Å². The monoisotopic (exact) mass is 562 g/mol. The Kier molecular flexibility index (Phi) is 31.7. The fourth-order valence-corrected chi connectivity index (χ4v) is 3.54. The topological polar surface area (TPSA) is 144 Å². The van der Waals surface area contributed by atoms with Gasteiger partial charge in [-0.05, 0) is 25.7 Å². The van der Waals surface area contributed by atoms with E-state index in [-0.39, 0.29) is 26.1 Å². The van der Waals surface area contributed by atoms with Crippen LogP contribution in [0.3, 0.4) is 0 Å². The molecule has 0 aromatic carbocycles. The zero-order chi connectivity index (χ0) is 26.7. The van der Waals surface area contributed by atoms with E-state index >= 15 is 0 Å². The van der Waals surface area contributed by atoms with Gasteiger partial charge < -0.3 is 29.6 Å². The van der Waals surface area contributed by atoms with Gasteiger partial charge in [0.1, 0.15) is 0 Å². The van der Waals surface area contributed by atoms with E-state index in [1.54, 1.807) is 0 Å². The van der Waals surface area contributed by atoms with Crippen LogP contribution in [0.25, 0.3) is 0 Å². The molecule has 0 aromatic heterocycles. The number of carbonyl (C=O) groups excluding carboxylic acids is 3. The summed E-state index contributed by atoms with van der Waals surface area (Å²) in [6.07, 6.45) is 19.4. The molecule has 204 valence electrons. The molecule has 0 aliphatic heterocycles. The molecule has 0 radical (unpaired) electrons. The Morgan fingerprint density at radius 2 is 1.14 bits per heavy atom. The van der Waals surface area contributed by atoms with Gasteiger partial charge in [0.15, 0.2) is 0 Å². The Balaban J connectivity index is -0.00000104. The fourth-order valence-electron chi connectivity index (χ4n) is 3.54. The molecule has 1 unspecified atom stereocenters. The second kappa shape index (κ2) is 29.5. The first-order valence-electron chi connectivity index (χ1n) is 13.2. The molecule has 0 rings (SSSR count). The van der Waals surface area contributed by atoms with Crippen molar-refractivity contribution in [3.8, 4) is 0 Å². The standard InChI is InChI=1S/C23H42O4.C4H6O4.Zn/c1-3-5-6-7-8-9-10-11-12-13-14-15-16-17-18-21(23(25)26)19-20-27-22(24)4-2;5-3(6)1-2-4(7)8;/h4,21H,2-3,5-20H2,1H3,(H,25,26);1-2H2,(H,5,6)(H,7,8);/q;;+2/p-2. The predicted octanol–water partition coefficient (Wildman–Crippen LogP) is 3.94. The van der Waals surface area contributed by atoms with Crippen LogP contribution in [0.2, 0.25) is 0 Å². The predicted molar refractivity (Wildman–Crippen MR) is 131 cm³/mol. The Bertz CT molecular complexity index is 566. The van der Waals surface area contributed by atoms with E-state index < -0.39 is 42.6 Å². The molecule has 0 heterocycles. The van der Waals surface area contributed by atoms with Crippen LogP contribution in [0, 0.1) is 5.92 Å². The molecule has 0 spiro atoms. The van der Waals surface area contributed by atoms with Gasteiger partial charge in [-0.2, -0.15) is 0 Å². The van der Waals surface area contributed by atoms with Gasteiger partial charge in [-0.3, -0.25) is 4.79 Å². The quantitative estimate of drug-likeness (QED) is 0.0851. The molecule has 0 aliphatic carbocycles. The largest absolute Gasteiger partial charge is 2.00 e. The third-order valence-corrected chi connectivity index (χ3v) is 5.67. The van der Waals surface area contributed by atoms with Crippen molar-refractivity contribution in [2.75, 3.05) is 6.61 Å². The molecule has 0 saturated heterocycles. The SMILES string of the molecule is C=CC(=O)OCCC(CCCCCCCCCCCCCCCC)C(=O)O.O=C([O-])CCC(=O)[O-].[Zn+2]. The van der Waals surface area contributed by atoms with Crippen molar-refractivity contribution in [3.05, 3.63) is 12.7 Å². The second-order valence-electron chi connectivity index (χ2n) is 8.82. The van der Waals surface area contributed by atoms with Crippen LogP contribution >= 0.6 is 0 Å². The number of hydrogen-bond donors (Lipinski definition) is 1. The van der Waals surface area contributed by atoms with Crippen LogP contribution < -0.4 is 10.2 Å². The van der Waals surface area contributed by atoms with Crippen LogP contribution in [-0.2, 0) is 43.4 Å². The van der Waals surface area contributed by atoms with Gasteiger partial charge in [0.05, 0.1) is 12.5 Å². The maximum absolute atomic E-state index is 11.2. The molecule has 0 amide bonds. The number of carbonyl (C=O) groups is 4. The minimum atomic E-state index is -1.37. The summed E-state index contributed by atoms with van der Waals surface area (Å²) in [4.78, 5) is 41.2. The van der Waals surface area contributed by atoms with Crippen molar-refractivity contribution in [1.29, 1.82) is 0 Å². The molecule has 0 saturated carbocycles. The molecule has 0 aliphatic rings. The molecule has 36 heavy (non-hydrogen) atoms. The summed E-state index contributed by atoms with van der Waals surface area (Å²) in [7, 11) is 0. The van der Waals surface area contributed by atoms with Crippen LogP contribution in [0.1, 0.15) is 122 Å². The number of aliphatic carboxylic acids is 3. The van der Waals surface area contributed by atoms with Crippen molar-refractivity contribution in [2.24, 2.45) is 5.92 Å². The maximum atomic E-state index is 11.2. The summed E-state index contributed by atoms with van der Waals surface area (Å²) >= 11 is 0. The molecule has 9 heteroatoms. The number of ether oxygens (including phenoxy) is 1. The molecule has 1 N–H and O–H groups in total. The maximum Gasteiger partial charge on any atom is 2.00 e. The second-order valence-corrected chi connectivity index (χ2v) is 8.82. The van der Waals surface area contributed by atoms with Crippen molar-refractivity contribution in [2.45, 2.75) is 122 Å². The summed E-state index contributed by atoms with van der Waals surface area (Å²) in [6, 6.07) is 0. The third kappa shape index (κ3) is 32.2. The third-order valence-electron chi connectivity index (χ3n) is 5.67. The summed E-state index contributed by atoms with van der Waals surface area (Å²) in [5.41, 5.74) is 0. The van der Waals surface area contributed by atoms with Gasteiger partial charge >= 0.3 is 31.4 Å². The smallest absolute Gasteiger partial charge is 0.550 e. The Labute approximate surface area is 230 Å². The van der Waals surface area contributed by atoms with Gasteiger partial charge in [-0.25, -0.2) is 4.79 Å². The zero-order valence-electron chi connectivity index (χ0n) is 22.3. The summed E-state index contributed by atoms with van der Waals surface area (Å²) < 4.78 is 4.88. The Hall–Kier alpha value is -1.76. The number of unbranched alkanes of at least 4 members (excludes halogenated alkanes) is 13. The minimum absolute atomic E-state index is 0. The number of carboxylic acids is 3. The van der Waals surface area contributed by atoms with Gasteiger partial charge in [-0.15, -0.1) is 0 Å². The van der Waals surface area contributed by atoms with Crippen LogP contribution in [-0.4, -0.2) is 35.6 Å². The molecule has 8 nitrogen and oxygen atoms in total. The molecular weight excluding hydrogens is 518 g/mol. The van der Waals surface area contributed by atoms with Gasteiger partial charge in [0.2, 0.25) is 0 Å². The first-order chi connectivity index (χ1) is 16.7. The van der Waals surface area contributed by atoms with Crippen LogP contribution in [0.15, 0.2) is 12.7 Å². The summed E-state index contributed by atoms with van der Waals surface area (Å²) in [5.74, 6) is -4.43. The molecular formula is C27H46O8Zn. The van der Waals surface area contributed by atoms with Crippen molar-refractivity contribution < 1.29 is 58.7 Å². The van der Waals surface area contributed by atoms with E-state index in [0.717, 1.165) is 18.9 Å². The van der Waals surface area contributed by atoms with Crippen molar-refractivity contribution in [1.82, 2.24) is 0 Å². The average Bonchev–Trinajstić information content (AvgIpc) is 2.81. The van der Waals surface area contributed by atoms with E-state index in [1.807, 2.05) is 0 Å². The van der Waals surface area contributed by atoms with Gasteiger partial charge in [0.25, 0.3) is 0 Å². The minimum Gasteiger partial charge on any atom is -0.550 e. The number of rotatable bonds is 23. The van der Waals surface area contributed by atoms with Gasteiger partial charge in [0, 0.05) is 18.0 Å². The van der Waals surface area contributed by atoms with E-state index in [9.17, 15) is 34.5 Å². The summed E-state index contributed by atoms with van der Waals surface area (Å²) in [6.45, 7) is 5.73. The van der Waals surface area contributed by atoms with E-state index in [0.29, 0.717) is 12.8 Å². The molecule has 0 aromatic rings. The molecule has 0 bridgehead atoms. The van der Waals surface area contributed by atoms with E-state index in [2.05, 4.69) is 13.5 Å². The van der Waals surface area contributed by atoms with E-state index in [1.165, 1.54) is 77.0 Å².